The van der Waals surface area contributed by atoms with Crippen LogP contribution >= 0.6 is 0 Å². The molecule has 1 heterocycles. The van der Waals surface area contributed by atoms with Crippen LogP contribution in [0.2, 0.25) is 0 Å². The van der Waals surface area contributed by atoms with Crippen LogP contribution < -0.4 is 14.8 Å². The van der Waals surface area contributed by atoms with E-state index in [2.05, 4.69) is 23.5 Å². The Bertz CT molecular complexity index is 1190. The van der Waals surface area contributed by atoms with E-state index in [9.17, 15) is 9.59 Å². The number of rotatable bonds is 13. The molecule has 42 heavy (non-hydrogen) atoms. The minimum absolute atomic E-state index is 0.00352. The van der Waals surface area contributed by atoms with E-state index in [1.807, 2.05) is 31.9 Å². The summed E-state index contributed by atoms with van der Waals surface area (Å²) in [5.74, 6) is 1.50. The summed E-state index contributed by atoms with van der Waals surface area (Å²) in [4.78, 5) is 30.4. The molecule has 2 aromatic carbocycles. The highest BCUT2D eigenvalue weighted by Crippen LogP contribution is 2.30. The fraction of sp³-hybridized carbons (Fsp3) is 0.576. The van der Waals surface area contributed by atoms with E-state index < -0.39 is 0 Å². The van der Waals surface area contributed by atoms with E-state index in [1.54, 1.807) is 37.3 Å². The molecule has 0 aromatic heterocycles. The van der Waals surface area contributed by atoms with Gasteiger partial charge in [0, 0.05) is 71.4 Å². The van der Waals surface area contributed by atoms with Gasteiger partial charge >= 0.3 is 6.09 Å². The van der Waals surface area contributed by atoms with E-state index in [0.29, 0.717) is 43.4 Å². The van der Waals surface area contributed by atoms with Crippen LogP contribution in [-0.2, 0) is 22.3 Å². The van der Waals surface area contributed by atoms with Gasteiger partial charge in [-0.1, -0.05) is 24.3 Å². The standard InChI is InChI=1S/C33H47N3O6/c1-23(2)36(32(37)26-12-14-30(40-5)31(18-26)41-16-8-15-39-4)22-28-20-34-19-27(28)21-35(3)33(38)42-29-13-11-24-9-6-7-10-25(24)17-29/h6-7,9-10,12,14,18,23,27-29,34H,8,11,13,15-17,19-22H2,1-5H3/t27-,28-,29-/m0/s1. The fourth-order valence-electron chi connectivity index (χ4n) is 5.89. The number of fused-ring (bicyclic) bond motifs is 1. The second-order valence-corrected chi connectivity index (χ2v) is 11.7. The van der Waals surface area contributed by atoms with Crippen molar-refractivity contribution in [1.82, 2.24) is 15.1 Å². The molecule has 1 saturated heterocycles. The molecule has 2 aliphatic rings. The van der Waals surface area contributed by atoms with Gasteiger partial charge in [0.05, 0.1) is 13.7 Å². The summed E-state index contributed by atoms with van der Waals surface area (Å²) < 4.78 is 22.4. The summed E-state index contributed by atoms with van der Waals surface area (Å²) in [5, 5.41) is 3.48. The summed E-state index contributed by atoms with van der Waals surface area (Å²) in [6, 6.07) is 13.7. The second kappa shape index (κ2) is 15.3. The van der Waals surface area contributed by atoms with Gasteiger partial charge in [0.1, 0.15) is 6.10 Å². The molecule has 1 fully saturated rings. The molecule has 1 aliphatic carbocycles. The predicted molar refractivity (Wildman–Crippen MR) is 162 cm³/mol. The molecule has 0 bridgehead atoms. The Morgan fingerprint density at radius 3 is 2.43 bits per heavy atom. The molecule has 2 amide bonds. The minimum atomic E-state index is -0.280. The summed E-state index contributed by atoms with van der Waals surface area (Å²) >= 11 is 0. The number of nitrogens with one attached hydrogen (secondary N) is 1. The molecule has 0 saturated carbocycles. The van der Waals surface area contributed by atoms with Crippen molar-refractivity contribution in [2.45, 2.75) is 51.7 Å². The monoisotopic (exact) mass is 581 g/mol. The molecular weight excluding hydrogens is 534 g/mol. The molecule has 1 N–H and O–H groups in total. The highest BCUT2D eigenvalue weighted by Gasteiger charge is 2.34. The first-order valence-corrected chi connectivity index (χ1v) is 15.1. The van der Waals surface area contributed by atoms with Crippen LogP contribution in [0.3, 0.4) is 0 Å². The first-order chi connectivity index (χ1) is 20.3. The van der Waals surface area contributed by atoms with Gasteiger partial charge in [-0.05, 0) is 67.9 Å². The SMILES string of the molecule is COCCCOc1cc(C(=O)N(C[C@@H]2CNC[C@H]2CN(C)C(=O)O[C@H]2CCc3ccccc3C2)C(C)C)ccc1OC. The topological polar surface area (TPSA) is 89.6 Å². The van der Waals surface area contributed by atoms with Crippen molar-refractivity contribution < 1.29 is 28.5 Å². The Kier molecular flexibility index (Phi) is 11.5. The Hall–Kier alpha value is -3.30. The third kappa shape index (κ3) is 8.16. The van der Waals surface area contributed by atoms with Gasteiger partial charge in [0.25, 0.3) is 5.91 Å². The molecule has 0 spiro atoms. The quantitative estimate of drug-likeness (QED) is 0.350. The smallest absolute Gasteiger partial charge is 0.409 e. The fourth-order valence-corrected chi connectivity index (χ4v) is 5.89. The zero-order chi connectivity index (χ0) is 30.1. The molecule has 3 atom stereocenters. The van der Waals surface area contributed by atoms with Crippen LogP contribution in [0.4, 0.5) is 4.79 Å². The molecule has 4 rings (SSSR count). The van der Waals surface area contributed by atoms with Crippen molar-refractivity contribution in [3.63, 3.8) is 0 Å². The van der Waals surface area contributed by atoms with Gasteiger partial charge in [-0.15, -0.1) is 0 Å². The number of methoxy groups -OCH3 is 2. The molecule has 0 unspecified atom stereocenters. The number of nitrogens with zero attached hydrogens (tertiary/aromatic N) is 2. The van der Waals surface area contributed by atoms with E-state index >= 15 is 0 Å². The average molecular weight is 582 g/mol. The zero-order valence-corrected chi connectivity index (χ0v) is 25.8. The molecule has 1 aliphatic heterocycles. The van der Waals surface area contributed by atoms with Crippen LogP contribution in [0.25, 0.3) is 0 Å². The molecule has 230 valence electrons. The Morgan fingerprint density at radius 2 is 1.71 bits per heavy atom. The van der Waals surface area contributed by atoms with E-state index in [1.165, 1.54) is 11.1 Å². The number of benzene rings is 2. The number of ether oxygens (including phenoxy) is 4. The van der Waals surface area contributed by atoms with Crippen LogP contribution in [0.15, 0.2) is 42.5 Å². The largest absolute Gasteiger partial charge is 0.493 e. The lowest BCUT2D eigenvalue weighted by molar-refractivity contribution is 0.0542. The van der Waals surface area contributed by atoms with Gasteiger partial charge in [-0.3, -0.25) is 4.79 Å². The van der Waals surface area contributed by atoms with Gasteiger partial charge in [0.2, 0.25) is 0 Å². The van der Waals surface area contributed by atoms with Gasteiger partial charge in [0.15, 0.2) is 11.5 Å². The summed E-state index contributed by atoms with van der Waals surface area (Å²) in [6.45, 7) is 7.88. The second-order valence-electron chi connectivity index (χ2n) is 11.7. The van der Waals surface area contributed by atoms with Crippen molar-refractivity contribution in [3.05, 3.63) is 59.2 Å². The Morgan fingerprint density at radius 1 is 0.976 bits per heavy atom. The first kappa shape index (κ1) is 31.6. The van der Waals surface area contributed by atoms with E-state index in [4.69, 9.17) is 18.9 Å². The lowest BCUT2D eigenvalue weighted by atomic mass is 9.90. The lowest BCUT2D eigenvalue weighted by Gasteiger charge is -2.33. The number of hydrogen-bond donors (Lipinski definition) is 1. The maximum Gasteiger partial charge on any atom is 0.409 e. The normalized spacial score (nSPS) is 19.7. The summed E-state index contributed by atoms with van der Waals surface area (Å²) in [5.41, 5.74) is 3.18. The van der Waals surface area contributed by atoms with E-state index in [-0.39, 0.29) is 36.0 Å². The predicted octanol–water partition coefficient (Wildman–Crippen LogP) is 4.42. The number of aryl methyl sites for hydroxylation is 1. The molecule has 9 heteroatoms. The highest BCUT2D eigenvalue weighted by molar-refractivity contribution is 5.95. The number of carbonyl (C=O) groups excluding carboxylic acids is 2. The first-order valence-electron chi connectivity index (χ1n) is 15.1. The van der Waals surface area contributed by atoms with Gasteiger partial charge in [-0.2, -0.15) is 0 Å². The molecule has 9 nitrogen and oxygen atoms in total. The molecular formula is C33H47N3O6. The summed E-state index contributed by atoms with van der Waals surface area (Å²) in [7, 11) is 5.06. The molecule has 2 aromatic rings. The van der Waals surface area contributed by atoms with Crippen molar-refractivity contribution in [2.24, 2.45) is 11.8 Å². The van der Waals surface area contributed by atoms with Crippen LogP contribution in [0.5, 0.6) is 11.5 Å². The van der Waals surface area contributed by atoms with Crippen molar-refractivity contribution in [2.75, 3.05) is 60.7 Å². The zero-order valence-electron chi connectivity index (χ0n) is 25.8. The van der Waals surface area contributed by atoms with Crippen molar-refractivity contribution in [1.29, 1.82) is 0 Å². The Balaban J connectivity index is 1.35. The van der Waals surface area contributed by atoms with Crippen LogP contribution in [-0.4, -0.2) is 94.6 Å². The number of carbonyl (C=O) groups is 2. The van der Waals surface area contributed by atoms with Gasteiger partial charge in [-0.25, -0.2) is 4.79 Å². The number of hydrogen-bond acceptors (Lipinski definition) is 7. The number of amides is 2. The lowest BCUT2D eigenvalue weighted by Crippen LogP contribution is -2.44. The highest BCUT2D eigenvalue weighted by atomic mass is 16.6. The van der Waals surface area contributed by atoms with Crippen molar-refractivity contribution in [3.8, 4) is 11.5 Å². The third-order valence-corrected chi connectivity index (χ3v) is 8.35. The van der Waals surface area contributed by atoms with Crippen molar-refractivity contribution >= 4 is 12.0 Å². The Labute approximate surface area is 250 Å². The molecule has 0 radical (unpaired) electrons. The van der Waals surface area contributed by atoms with Gasteiger partial charge < -0.3 is 34.1 Å². The minimum Gasteiger partial charge on any atom is -0.493 e. The average Bonchev–Trinajstić information content (AvgIpc) is 3.43. The van der Waals surface area contributed by atoms with Crippen LogP contribution in [0, 0.1) is 11.8 Å². The summed E-state index contributed by atoms with van der Waals surface area (Å²) in [6.07, 6.45) is 2.91. The third-order valence-electron chi connectivity index (χ3n) is 8.35. The van der Waals surface area contributed by atoms with E-state index in [0.717, 1.165) is 38.8 Å². The van der Waals surface area contributed by atoms with Crippen LogP contribution in [0.1, 0.15) is 48.2 Å². The maximum absolute atomic E-state index is 13.8. The maximum atomic E-state index is 13.8.